The number of anilines is 2. The third kappa shape index (κ3) is 6.69. The van der Waals surface area contributed by atoms with Crippen molar-refractivity contribution in [3.05, 3.63) is 88.9 Å². The molecule has 1 fully saturated rings. The van der Waals surface area contributed by atoms with Gasteiger partial charge in [-0.05, 0) is 84.7 Å². The second kappa shape index (κ2) is 12.2. The Morgan fingerprint density at radius 3 is 2.19 bits per heavy atom. The van der Waals surface area contributed by atoms with E-state index in [-0.39, 0.29) is 6.10 Å². The van der Waals surface area contributed by atoms with Gasteiger partial charge in [-0.3, -0.25) is 4.57 Å². The minimum Gasteiger partial charge on any atom is -0.378 e. The van der Waals surface area contributed by atoms with Crippen LogP contribution in [-0.4, -0.2) is 20.2 Å². The van der Waals surface area contributed by atoms with Crippen LogP contribution in [0.1, 0.15) is 51.4 Å². The molecule has 1 saturated carbocycles. The molecule has 0 radical (unpaired) electrons. The Balaban J connectivity index is 1.84. The van der Waals surface area contributed by atoms with E-state index in [4.69, 9.17) is 4.52 Å². The summed E-state index contributed by atoms with van der Waals surface area (Å²) in [4.78, 5) is 2.06. The molecule has 3 aromatic rings. The minimum absolute atomic E-state index is 0.0568. The zero-order valence-electron chi connectivity index (χ0n) is 22.6. The van der Waals surface area contributed by atoms with Crippen LogP contribution in [0.2, 0.25) is 0 Å². The van der Waals surface area contributed by atoms with Gasteiger partial charge in [-0.2, -0.15) is 0 Å². The lowest BCUT2D eigenvalue weighted by Crippen LogP contribution is -2.35. The molecule has 0 bridgehead atoms. The molecule has 37 heavy (non-hydrogen) atoms. The molecule has 198 valence electrons. The van der Waals surface area contributed by atoms with Gasteiger partial charge in [0.1, 0.15) is 5.78 Å². The van der Waals surface area contributed by atoms with Gasteiger partial charge in [-0.25, -0.2) is 0 Å². The van der Waals surface area contributed by atoms with E-state index in [9.17, 15) is 0 Å². The number of rotatable bonds is 9. The van der Waals surface area contributed by atoms with Gasteiger partial charge in [0, 0.05) is 35.2 Å². The van der Waals surface area contributed by atoms with Crippen molar-refractivity contribution in [1.29, 1.82) is 0 Å². The number of hydrogen-bond donors (Lipinski definition) is 1. The van der Waals surface area contributed by atoms with Crippen molar-refractivity contribution < 1.29 is 9.09 Å². The van der Waals surface area contributed by atoms with Crippen LogP contribution in [0.25, 0.3) is 0 Å². The standard InChI is InChI=1S/C31H40BrN2O2P/c1-22(2)29-20-11-23(3)21-30(29)36-37(35,28-18-16-27(17-19-28)34(4)5)31(24-12-14-25(32)15-13-24)33-26-9-7-6-8-10-26/h6-10,12-19,22-23,29-31,33H,11,20-21H2,1-5H3/t23-,29-,30-,31-,37-/m1/s1. The monoisotopic (exact) mass is 582 g/mol. The predicted octanol–water partition coefficient (Wildman–Crippen LogP) is 8.71. The number of halogens is 1. The minimum atomic E-state index is -3.45. The van der Waals surface area contributed by atoms with E-state index in [1.165, 1.54) is 6.42 Å². The topological polar surface area (TPSA) is 41.6 Å². The summed E-state index contributed by atoms with van der Waals surface area (Å²) in [6, 6.07) is 26.2. The zero-order valence-corrected chi connectivity index (χ0v) is 25.1. The molecule has 1 N–H and O–H groups in total. The average molecular weight is 584 g/mol. The SMILES string of the molecule is CC(C)[C@H]1CC[C@@H](C)C[C@H]1O[P@](=O)(c1ccc(N(C)C)cc1)[C@@H](Nc1ccccc1)c1ccc(Br)cc1. The molecule has 0 spiro atoms. The van der Waals surface area contributed by atoms with Gasteiger partial charge in [0.25, 0.3) is 7.37 Å². The molecule has 0 heterocycles. The summed E-state index contributed by atoms with van der Waals surface area (Å²) >= 11 is 3.56. The van der Waals surface area contributed by atoms with Crippen molar-refractivity contribution in [1.82, 2.24) is 0 Å². The molecule has 0 aromatic heterocycles. The number of para-hydroxylation sites is 1. The van der Waals surface area contributed by atoms with Crippen LogP contribution in [0.15, 0.2) is 83.3 Å². The van der Waals surface area contributed by atoms with E-state index in [1.54, 1.807) is 0 Å². The van der Waals surface area contributed by atoms with Crippen LogP contribution < -0.4 is 15.5 Å². The van der Waals surface area contributed by atoms with Gasteiger partial charge < -0.3 is 14.7 Å². The Morgan fingerprint density at radius 2 is 1.59 bits per heavy atom. The van der Waals surface area contributed by atoms with Gasteiger partial charge in [0.05, 0.1) is 6.10 Å². The molecule has 1 aliphatic carbocycles. The number of nitrogens with one attached hydrogen (secondary N) is 1. The Hall–Kier alpha value is -2.07. The lowest BCUT2D eigenvalue weighted by atomic mass is 9.75. The Labute approximate surface area is 231 Å². The first-order chi connectivity index (χ1) is 17.7. The van der Waals surface area contributed by atoms with Crippen molar-refractivity contribution in [2.24, 2.45) is 17.8 Å². The van der Waals surface area contributed by atoms with Crippen molar-refractivity contribution in [2.45, 2.75) is 51.9 Å². The predicted molar refractivity (Wildman–Crippen MR) is 161 cm³/mol. The van der Waals surface area contributed by atoms with Crippen LogP contribution in [0.3, 0.4) is 0 Å². The fourth-order valence-electron chi connectivity index (χ4n) is 5.37. The highest BCUT2D eigenvalue weighted by molar-refractivity contribution is 9.10. The molecule has 0 amide bonds. The summed E-state index contributed by atoms with van der Waals surface area (Å²) < 4.78 is 23.5. The maximum absolute atomic E-state index is 15.5. The lowest BCUT2D eigenvalue weighted by Gasteiger charge is -2.41. The van der Waals surface area contributed by atoms with E-state index in [0.717, 1.165) is 39.6 Å². The fourth-order valence-corrected chi connectivity index (χ4v) is 8.27. The third-order valence-corrected chi connectivity index (χ3v) is 10.8. The van der Waals surface area contributed by atoms with Gasteiger partial charge in [-0.1, -0.05) is 73.5 Å². The summed E-state index contributed by atoms with van der Waals surface area (Å²) in [6.07, 6.45) is 3.18. The first-order valence-corrected chi connectivity index (χ1v) is 15.8. The zero-order chi connectivity index (χ0) is 26.6. The maximum atomic E-state index is 15.5. The largest absolute Gasteiger partial charge is 0.378 e. The molecule has 0 aliphatic heterocycles. The molecule has 0 saturated heterocycles. The molecule has 4 rings (SSSR count). The van der Waals surface area contributed by atoms with Crippen molar-refractivity contribution in [2.75, 3.05) is 24.3 Å². The molecular weight excluding hydrogens is 543 g/mol. The Kier molecular flexibility index (Phi) is 9.21. The van der Waals surface area contributed by atoms with Gasteiger partial charge in [0.2, 0.25) is 0 Å². The number of benzene rings is 3. The van der Waals surface area contributed by atoms with Crippen LogP contribution in [-0.2, 0) is 9.09 Å². The van der Waals surface area contributed by atoms with Crippen molar-refractivity contribution >= 4 is 40.0 Å². The van der Waals surface area contributed by atoms with Gasteiger partial charge in [0.15, 0.2) is 0 Å². The first-order valence-electron chi connectivity index (χ1n) is 13.3. The highest BCUT2D eigenvalue weighted by Crippen LogP contribution is 2.61. The molecule has 3 aromatic carbocycles. The summed E-state index contributed by atoms with van der Waals surface area (Å²) in [7, 11) is 0.583. The molecule has 5 atom stereocenters. The van der Waals surface area contributed by atoms with E-state index < -0.39 is 13.2 Å². The molecule has 4 nitrogen and oxygen atoms in total. The normalized spacial score (nSPS) is 22.3. The average Bonchev–Trinajstić information content (AvgIpc) is 2.88. The summed E-state index contributed by atoms with van der Waals surface area (Å²) in [5.74, 6) is 0.874. The molecule has 1 aliphatic rings. The quantitative estimate of drug-likeness (QED) is 0.256. The number of nitrogens with zero attached hydrogens (tertiary/aromatic N) is 1. The highest BCUT2D eigenvalue weighted by Gasteiger charge is 2.43. The van der Waals surface area contributed by atoms with E-state index in [1.807, 2.05) is 93.0 Å². The Bertz CT molecular complexity index is 1180. The Morgan fingerprint density at radius 1 is 0.946 bits per heavy atom. The fraction of sp³-hybridized carbons (Fsp3) is 0.419. The third-order valence-electron chi connectivity index (χ3n) is 7.58. The van der Waals surface area contributed by atoms with Crippen LogP contribution in [0.5, 0.6) is 0 Å². The smallest absolute Gasteiger partial charge is 0.258 e. The first kappa shape index (κ1) is 28.0. The highest BCUT2D eigenvalue weighted by atomic mass is 79.9. The van der Waals surface area contributed by atoms with Gasteiger partial charge in [-0.15, -0.1) is 0 Å². The van der Waals surface area contributed by atoms with E-state index in [0.29, 0.717) is 17.8 Å². The second-order valence-corrected chi connectivity index (χ2v) is 14.3. The maximum Gasteiger partial charge on any atom is 0.258 e. The van der Waals surface area contributed by atoms with E-state index in [2.05, 4.69) is 46.9 Å². The van der Waals surface area contributed by atoms with Gasteiger partial charge >= 0.3 is 0 Å². The summed E-state index contributed by atoms with van der Waals surface area (Å²) in [5, 5.41) is 4.37. The van der Waals surface area contributed by atoms with Crippen LogP contribution in [0.4, 0.5) is 11.4 Å². The number of hydrogen-bond acceptors (Lipinski definition) is 4. The second-order valence-electron chi connectivity index (χ2n) is 10.9. The molecule has 0 unspecified atom stereocenters. The lowest BCUT2D eigenvalue weighted by molar-refractivity contribution is 0.0489. The van der Waals surface area contributed by atoms with E-state index >= 15 is 4.57 Å². The van der Waals surface area contributed by atoms with Crippen LogP contribution >= 0.6 is 23.3 Å². The summed E-state index contributed by atoms with van der Waals surface area (Å²) in [6.45, 7) is 6.82. The van der Waals surface area contributed by atoms with Crippen LogP contribution in [0, 0.1) is 17.8 Å². The van der Waals surface area contributed by atoms with Crippen molar-refractivity contribution in [3.8, 4) is 0 Å². The van der Waals surface area contributed by atoms with Crippen molar-refractivity contribution in [3.63, 3.8) is 0 Å². The summed E-state index contributed by atoms with van der Waals surface area (Å²) in [5.41, 5.74) is 2.93. The molecule has 6 heteroatoms. The molecular formula is C31H40BrN2O2P.